The van der Waals surface area contributed by atoms with Crippen molar-refractivity contribution in [2.75, 3.05) is 39.6 Å². The van der Waals surface area contributed by atoms with Gasteiger partial charge in [-0.25, -0.2) is 29.9 Å². The number of nitrogens with zero attached hydrogens (tertiary/aromatic N) is 13. The van der Waals surface area contributed by atoms with Gasteiger partial charge in [-0.05, 0) is 107 Å². The minimum Gasteiger partial charge on any atom is -0.480 e. The number of ketones is 4. The van der Waals surface area contributed by atoms with Crippen molar-refractivity contribution in [1.82, 2.24) is 69.6 Å². The number of ether oxygens (including phenoxy) is 4. The number of likely N-dealkylation sites (tertiary alicyclic amines) is 1. The van der Waals surface area contributed by atoms with Crippen LogP contribution in [0.4, 0.5) is 0 Å². The van der Waals surface area contributed by atoms with Crippen LogP contribution in [0.1, 0.15) is 94.7 Å². The molecule has 0 unspecified atom stereocenters. The topological polar surface area (TPSA) is 314 Å². The molecule has 8 aromatic heterocycles. The molecule has 14 rings (SSSR count). The van der Waals surface area contributed by atoms with Crippen molar-refractivity contribution < 1.29 is 52.8 Å². The third-order valence-corrected chi connectivity index (χ3v) is 18.5. The molecule has 27 heteroatoms. The molecular formula is C66H66Br2N14O11. The van der Waals surface area contributed by atoms with E-state index in [0.29, 0.717) is 131 Å². The summed E-state index contributed by atoms with van der Waals surface area (Å²) in [5, 5.41) is 22.2. The third kappa shape index (κ3) is 14.5. The fourth-order valence-corrected chi connectivity index (χ4v) is 13.3. The van der Waals surface area contributed by atoms with Crippen LogP contribution in [0, 0.1) is 24.7 Å². The van der Waals surface area contributed by atoms with Gasteiger partial charge in [-0.15, -0.1) is 0 Å². The second-order valence-electron chi connectivity index (χ2n) is 24.1. The van der Waals surface area contributed by atoms with E-state index in [4.69, 9.17) is 24.1 Å². The lowest BCUT2D eigenvalue weighted by Crippen LogP contribution is -2.45. The Bertz CT molecular complexity index is 4290. The van der Waals surface area contributed by atoms with Crippen molar-refractivity contribution in [3.63, 3.8) is 0 Å². The highest BCUT2D eigenvalue weighted by atomic mass is 79.9. The number of carbonyl (C=O) groups excluding carboxylic acids is 5. The molecule has 4 fully saturated rings. The van der Waals surface area contributed by atoms with E-state index in [1.807, 2.05) is 48.6 Å². The highest BCUT2D eigenvalue weighted by Gasteiger charge is 2.67. The summed E-state index contributed by atoms with van der Waals surface area (Å²) in [6.07, 6.45) is 21.3. The number of hydrogen-bond donors (Lipinski definition) is 2. The van der Waals surface area contributed by atoms with Crippen molar-refractivity contribution in [2.24, 2.45) is 10.8 Å². The molecule has 2 aliphatic carbocycles. The van der Waals surface area contributed by atoms with Crippen LogP contribution in [0.25, 0.3) is 44.3 Å². The lowest BCUT2D eigenvalue weighted by Gasteiger charge is -2.27. The first kappa shape index (κ1) is 64.7. The zero-order valence-electron chi connectivity index (χ0n) is 51.5. The van der Waals surface area contributed by atoms with E-state index in [1.165, 1.54) is 29.4 Å². The van der Waals surface area contributed by atoms with Crippen molar-refractivity contribution in [3.05, 3.63) is 153 Å². The molecule has 93 heavy (non-hydrogen) atoms. The average Bonchev–Trinajstić information content (AvgIpc) is 1.54. The lowest BCUT2D eigenvalue weighted by atomic mass is 9.95. The van der Waals surface area contributed by atoms with Gasteiger partial charge in [0, 0.05) is 83.4 Å². The number of Topliss-reactive ketones (excluding diaryl/α,β-unsaturated/α-hetero) is 4. The molecule has 6 aliphatic rings. The maximum atomic E-state index is 14.2. The molecule has 6 atom stereocenters. The molecule has 2 N–H and O–H groups in total. The summed E-state index contributed by atoms with van der Waals surface area (Å²) >= 11 is 6.83. The van der Waals surface area contributed by atoms with E-state index in [1.54, 1.807) is 61.9 Å². The number of fused-ring (bicyclic) bond motifs is 6. The molecule has 12 heterocycles. The first-order valence-corrected chi connectivity index (χ1v) is 32.0. The van der Waals surface area contributed by atoms with E-state index in [0.717, 1.165) is 47.3 Å². The van der Waals surface area contributed by atoms with Crippen LogP contribution in [-0.2, 0) is 77.3 Å². The Morgan fingerprint density at radius 2 is 1.09 bits per heavy atom. The van der Waals surface area contributed by atoms with E-state index >= 15 is 0 Å². The fraction of sp³-hybridized carbons (Fsp3) is 0.394. The lowest BCUT2D eigenvalue weighted by molar-refractivity contribution is -0.139. The molecule has 0 radical (unpaired) electrons. The number of amides is 1. The molecular weight excluding hydrogens is 1320 g/mol. The quantitative estimate of drug-likeness (QED) is 0.0845. The van der Waals surface area contributed by atoms with Crippen molar-refractivity contribution in [2.45, 2.75) is 117 Å². The predicted octanol–water partition coefficient (Wildman–Crippen LogP) is 7.49. The number of aliphatic carboxylic acids is 1. The number of rotatable bonds is 8. The van der Waals surface area contributed by atoms with Gasteiger partial charge in [-0.1, -0.05) is 36.4 Å². The van der Waals surface area contributed by atoms with Crippen molar-refractivity contribution in [3.8, 4) is 22.5 Å². The number of carboxylic acid groups (broad SMARTS) is 1. The average molecular weight is 1390 g/mol. The molecule has 4 aliphatic heterocycles. The van der Waals surface area contributed by atoms with E-state index in [9.17, 15) is 28.8 Å². The van der Waals surface area contributed by atoms with Crippen LogP contribution >= 0.6 is 31.9 Å². The minimum atomic E-state index is -1.04. The summed E-state index contributed by atoms with van der Waals surface area (Å²) in [5.41, 5.74) is 7.22. The van der Waals surface area contributed by atoms with Crippen LogP contribution in [0.5, 0.6) is 0 Å². The second-order valence-corrected chi connectivity index (χ2v) is 25.8. The fourth-order valence-electron chi connectivity index (χ4n) is 12.6. The monoisotopic (exact) mass is 1390 g/mol. The minimum absolute atomic E-state index is 0.0701. The van der Waals surface area contributed by atoms with Gasteiger partial charge >= 0.3 is 5.97 Å². The Kier molecular flexibility index (Phi) is 19.2. The highest BCUT2D eigenvalue weighted by molar-refractivity contribution is 9.10. The second kappa shape index (κ2) is 27.6. The maximum absolute atomic E-state index is 14.2. The summed E-state index contributed by atoms with van der Waals surface area (Å²) in [6, 6.07) is 10.7. The standard InChI is InChI=1S/C33H32BrN7O5.C18H21BrN2O3.C15H13N5O3/c1-19(42)32-23-9-24(22-13-35-20(2)36-14-22)37-15-27(23)40(39-32)16-31(44)41-26-11-33(12-29(33)41)18-46-8-4-3-7-45-17-21-5-6-30(34)38-25(21)10-28(26)43;19-17-4-3-12-10-23-5-1-2-6-24-11-18-8-14(20-16(18)9-18)15(22)7-13(12)21-17;1-8(21)15-11-3-12(10-4-16-9(2)17-5-10)18-6-13(11)20(19-15)7-14(22)23/h3-6,9,13-15,26,29H,7-8,10-12,16-18H2,1-2H3;1-4,14,16,20H,5-11H2;3-6H,7H2,1-2H3,(H,22,23)/b4-3+;;/t26-,29+,33-;14-,16+,18-;/m00./s1. The Hall–Kier alpha value is -8.44. The largest absolute Gasteiger partial charge is 0.480 e. The number of carbonyl (C=O) groups is 6. The van der Waals surface area contributed by atoms with Crippen LogP contribution < -0.4 is 5.32 Å². The first-order valence-electron chi connectivity index (χ1n) is 30.4. The number of piperidine rings is 2. The molecule has 8 aromatic rings. The molecule has 1 amide bonds. The van der Waals surface area contributed by atoms with Gasteiger partial charge in [0.2, 0.25) is 5.91 Å². The van der Waals surface area contributed by atoms with Crippen LogP contribution in [-0.4, -0.2) is 168 Å². The van der Waals surface area contributed by atoms with Crippen LogP contribution in [0.3, 0.4) is 0 Å². The molecule has 480 valence electrons. The number of carboxylic acids is 1. The van der Waals surface area contributed by atoms with Crippen molar-refractivity contribution in [1.29, 1.82) is 0 Å². The van der Waals surface area contributed by atoms with Gasteiger partial charge < -0.3 is 34.3 Å². The number of aryl methyl sites for hydroxylation is 2. The summed E-state index contributed by atoms with van der Waals surface area (Å²) in [5.74, 6) is -0.346. The summed E-state index contributed by atoms with van der Waals surface area (Å²) in [7, 11) is 0. The predicted molar refractivity (Wildman–Crippen MR) is 343 cm³/mol. The molecule has 2 spiro atoms. The summed E-state index contributed by atoms with van der Waals surface area (Å²) < 4.78 is 27.4. The summed E-state index contributed by atoms with van der Waals surface area (Å²) in [6.45, 7) is 9.86. The highest BCUT2D eigenvalue weighted by Crippen LogP contribution is 2.60. The third-order valence-electron chi connectivity index (χ3n) is 17.6. The van der Waals surface area contributed by atoms with Gasteiger partial charge in [0.25, 0.3) is 0 Å². The SMILES string of the molecule is CC(=O)c1nn(CC(=O)N2[C@H]3C[C@@]4(COC/C=C/COCc5ccc(Br)nc5CC3=O)C[C@@H]24)c2cnc(-c3cnc(C)nc3)cc12.CC(=O)c1nn(CC(=O)O)c2cnc(-c3cnc(C)nc3)cc12.O=C1Cc2nc(Br)ccc2COCC=CCOC[C@@]23C[C@@H]1N[C@@H]2C3. The van der Waals surface area contributed by atoms with E-state index in [-0.39, 0.29) is 82.9 Å². The zero-order valence-corrected chi connectivity index (χ0v) is 54.6. The van der Waals surface area contributed by atoms with Gasteiger partial charge in [0.15, 0.2) is 23.1 Å². The number of halogens is 2. The van der Waals surface area contributed by atoms with Gasteiger partial charge in [0.1, 0.15) is 45.3 Å². The molecule has 0 aromatic carbocycles. The Morgan fingerprint density at radius 3 is 1.59 bits per heavy atom. The normalized spacial score (nSPS) is 23.0. The molecule has 2 saturated heterocycles. The maximum Gasteiger partial charge on any atom is 0.325 e. The number of aromatic nitrogens is 12. The van der Waals surface area contributed by atoms with Crippen molar-refractivity contribution >= 4 is 88.7 Å². The Labute approximate surface area is 550 Å². The Morgan fingerprint density at radius 1 is 0.602 bits per heavy atom. The first-order chi connectivity index (χ1) is 44.8. The zero-order chi connectivity index (χ0) is 65.1. The molecule has 4 bridgehead atoms. The van der Waals surface area contributed by atoms with Crippen LogP contribution in [0.2, 0.25) is 0 Å². The number of hydrogen-bond acceptors (Lipinski definition) is 21. The number of pyridine rings is 4. The van der Waals surface area contributed by atoms with Gasteiger partial charge in [-0.3, -0.25) is 48.1 Å². The Balaban J connectivity index is 0.000000148. The van der Waals surface area contributed by atoms with Gasteiger partial charge in [0.05, 0.1) is 124 Å². The smallest absolute Gasteiger partial charge is 0.325 e. The van der Waals surface area contributed by atoms with Gasteiger partial charge in [-0.2, -0.15) is 10.2 Å². The summed E-state index contributed by atoms with van der Waals surface area (Å²) in [4.78, 5) is 113. The number of nitrogens with one attached hydrogen (secondary N) is 1. The van der Waals surface area contributed by atoms with E-state index in [2.05, 4.69) is 87.2 Å². The van der Waals surface area contributed by atoms with Crippen LogP contribution in [0.15, 0.2) is 107 Å². The molecule has 25 nitrogen and oxygen atoms in total. The van der Waals surface area contributed by atoms with E-state index < -0.39 is 12.0 Å². The molecule has 2 saturated carbocycles.